The minimum atomic E-state index is -0.366. The zero-order valence-electron chi connectivity index (χ0n) is 11.0. The van der Waals surface area contributed by atoms with Crippen LogP contribution in [0, 0.1) is 5.41 Å². The number of rotatable bonds is 5. The quantitative estimate of drug-likeness (QED) is 0.778. The standard InChI is InChI=1S/C13H25NO3/c1-11(2)17-8-12(15)7-14-5-3-13(9-14)4-6-16-10-13/h11-12,15H,3-10H2,1-2H3. The fraction of sp³-hybridized carbons (Fsp3) is 1.00. The van der Waals surface area contributed by atoms with Crippen LogP contribution in [0.3, 0.4) is 0 Å². The highest BCUT2D eigenvalue weighted by atomic mass is 16.5. The fourth-order valence-corrected chi connectivity index (χ4v) is 2.81. The summed E-state index contributed by atoms with van der Waals surface area (Å²) in [7, 11) is 0. The number of nitrogens with zero attached hydrogens (tertiary/aromatic N) is 1. The van der Waals surface area contributed by atoms with Crippen molar-refractivity contribution in [2.45, 2.75) is 38.9 Å². The van der Waals surface area contributed by atoms with Gasteiger partial charge < -0.3 is 19.5 Å². The number of aliphatic hydroxyl groups excluding tert-OH is 1. The molecule has 2 aliphatic heterocycles. The van der Waals surface area contributed by atoms with Gasteiger partial charge in [0.05, 0.1) is 25.4 Å². The maximum Gasteiger partial charge on any atom is 0.0900 e. The summed E-state index contributed by atoms with van der Waals surface area (Å²) in [6, 6.07) is 0. The molecule has 4 heteroatoms. The fourth-order valence-electron chi connectivity index (χ4n) is 2.81. The Kier molecular flexibility index (Phi) is 4.42. The molecule has 100 valence electrons. The third-order valence-electron chi connectivity index (χ3n) is 3.79. The van der Waals surface area contributed by atoms with Crippen LogP contribution in [0.1, 0.15) is 26.7 Å². The van der Waals surface area contributed by atoms with Gasteiger partial charge in [-0.25, -0.2) is 0 Å². The average Bonchev–Trinajstić information content (AvgIpc) is 2.87. The molecule has 2 unspecified atom stereocenters. The summed E-state index contributed by atoms with van der Waals surface area (Å²) < 4.78 is 10.9. The van der Waals surface area contributed by atoms with Crippen molar-refractivity contribution in [1.29, 1.82) is 0 Å². The molecular weight excluding hydrogens is 218 g/mol. The van der Waals surface area contributed by atoms with E-state index in [9.17, 15) is 5.11 Å². The maximum atomic E-state index is 9.89. The van der Waals surface area contributed by atoms with Crippen LogP contribution in [0.15, 0.2) is 0 Å². The van der Waals surface area contributed by atoms with Crippen LogP contribution in [0.4, 0.5) is 0 Å². The summed E-state index contributed by atoms with van der Waals surface area (Å²) >= 11 is 0. The van der Waals surface area contributed by atoms with Gasteiger partial charge in [0.1, 0.15) is 0 Å². The summed E-state index contributed by atoms with van der Waals surface area (Å²) in [5.41, 5.74) is 0.388. The highest BCUT2D eigenvalue weighted by Crippen LogP contribution is 2.37. The Labute approximate surface area is 104 Å². The Hall–Kier alpha value is -0.160. The minimum Gasteiger partial charge on any atom is -0.389 e. The molecule has 2 fully saturated rings. The van der Waals surface area contributed by atoms with Crippen LogP contribution in [0.25, 0.3) is 0 Å². The average molecular weight is 243 g/mol. The summed E-state index contributed by atoms with van der Waals surface area (Å²) in [5.74, 6) is 0. The normalized spacial score (nSPS) is 31.8. The molecule has 17 heavy (non-hydrogen) atoms. The van der Waals surface area contributed by atoms with E-state index in [1.54, 1.807) is 0 Å². The van der Waals surface area contributed by atoms with Crippen molar-refractivity contribution in [1.82, 2.24) is 4.90 Å². The molecule has 2 saturated heterocycles. The van der Waals surface area contributed by atoms with Crippen LogP contribution < -0.4 is 0 Å². The zero-order valence-corrected chi connectivity index (χ0v) is 11.0. The number of likely N-dealkylation sites (tertiary alicyclic amines) is 1. The van der Waals surface area contributed by atoms with Crippen LogP contribution in [0.2, 0.25) is 0 Å². The molecule has 0 amide bonds. The van der Waals surface area contributed by atoms with E-state index >= 15 is 0 Å². The van der Waals surface area contributed by atoms with Crippen LogP contribution in [-0.4, -0.2) is 61.7 Å². The molecule has 0 radical (unpaired) electrons. The minimum absolute atomic E-state index is 0.192. The van der Waals surface area contributed by atoms with E-state index < -0.39 is 0 Å². The first-order valence-corrected chi connectivity index (χ1v) is 6.69. The molecule has 2 rings (SSSR count). The molecular formula is C13H25NO3. The van der Waals surface area contributed by atoms with Crippen LogP contribution >= 0.6 is 0 Å². The Morgan fingerprint density at radius 3 is 2.88 bits per heavy atom. The van der Waals surface area contributed by atoms with Crippen molar-refractivity contribution in [3.05, 3.63) is 0 Å². The molecule has 0 aromatic heterocycles. The summed E-state index contributed by atoms with van der Waals surface area (Å²) in [4.78, 5) is 2.35. The monoisotopic (exact) mass is 243 g/mol. The van der Waals surface area contributed by atoms with Gasteiger partial charge in [0.25, 0.3) is 0 Å². The van der Waals surface area contributed by atoms with Crippen molar-refractivity contribution in [3.8, 4) is 0 Å². The third-order valence-corrected chi connectivity index (χ3v) is 3.79. The van der Waals surface area contributed by atoms with E-state index in [-0.39, 0.29) is 12.2 Å². The summed E-state index contributed by atoms with van der Waals surface area (Å²) in [5, 5.41) is 9.89. The first-order valence-electron chi connectivity index (χ1n) is 6.69. The molecule has 0 aromatic carbocycles. The molecule has 2 atom stereocenters. The lowest BCUT2D eigenvalue weighted by Gasteiger charge is -2.24. The number of hydrogen-bond acceptors (Lipinski definition) is 4. The first-order chi connectivity index (χ1) is 8.10. The van der Waals surface area contributed by atoms with Gasteiger partial charge in [0, 0.05) is 25.1 Å². The van der Waals surface area contributed by atoms with Gasteiger partial charge in [-0.2, -0.15) is 0 Å². The van der Waals surface area contributed by atoms with Gasteiger partial charge in [-0.15, -0.1) is 0 Å². The third kappa shape index (κ3) is 3.65. The lowest BCUT2D eigenvalue weighted by Crippen LogP contribution is -2.36. The molecule has 2 aliphatic rings. The van der Waals surface area contributed by atoms with Crippen molar-refractivity contribution in [2.24, 2.45) is 5.41 Å². The van der Waals surface area contributed by atoms with Crippen LogP contribution in [0.5, 0.6) is 0 Å². The van der Waals surface area contributed by atoms with Gasteiger partial charge in [-0.1, -0.05) is 0 Å². The number of ether oxygens (including phenoxy) is 2. The van der Waals surface area contributed by atoms with Gasteiger partial charge in [0.15, 0.2) is 0 Å². The highest BCUT2D eigenvalue weighted by molar-refractivity contribution is 4.92. The molecule has 0 saturated carbocycles. The van der Waals surface area contributed by atoms with E-state index in [1.807, 2.05) is 13.8 Å². The first kappa shape index (κ1) is 13.3. The Balaban J connectivity index is 1.70. The molecule has 4 nitrogen and oxygen atoms in total. The number of hydrogen-bond donors (Lipinski definition) is 1. The molecule has 0 aliphatic carbocycles. The van der Waals surface area contributed by atoms with Crippen LogP contribution in [-0.2, 0) is 9.47 Å². The van der Waals surface area contributed by atoms with E-state index in [0.717, 1.165) is 32.8 Å². The number of aliphatic hydroxyl groups is 1. The largest absolute Gasteiger partial charge is 0.389 e. The maximum absolute atomic E-state index is 9.89. The highest BCUT2D eigenvalue weighted by Gasteiger charge is 2.41. The molecule has 0 bridgehead atoms. The number of β-amino-alcohol motifs (C(OH)–C–C–N with tert-alkyl or cyclic N) is 1. The predicted octanol–water partition coefficient (Wildman–Crippen LogP) is 0.885. The second-order valence-corrected chi connectivity index (χ2v) is 5.82. The Morgan fingerprint density at radius 1 is 1.41 bits per heavy atom. The molecule has 1 N–H and O–H groups in total. The van der Waals surface area contributed by atoms with Gasteiger partial charge in [-0.3, -0.25) is 0 Å². The second-order valence-electron chi connectivity index (χ2n) is 5.82. The van der Waals surface area contributed by atoms with Gasteiger partial charge in [-0.05, 0) is 33.2 Å². The Morgan fingerprint density at radius 2 is 2.24 bits per heavy atom. The molecule has 1 spiro atoms. The Bertz CT molecular complexity index is 239. The van der Waals surface area contributed by atoms with E-state index in [4.69, 9.17) is 9.47 Å². The topological polar surface area (TPSA) is 41.9 Å². The molecule has 2 heterocycles. The van der Waals surface area contributed by atoms with E-state index in [0.29, 0.717) is 12.0 Å². The summed E-state index contributed by atoms with van der Waals surface area (Å²) in [6.45, 7) is 9.13. The van der Waals surface area contributed by atoms with Gasteiger partial charge >= 0.3 is 0 Å². The smallest absolute Gasteiger partial charge is 0.0900 e. The van der Waals surface area contributed by atoms with Crippen molar-refractivity contribution >= 4 is 0 Å². The van der Waals surface area contributed by atoms with Gasteiger partial charge in [0.2, 0.25) is 0 Å². The summed E-state index contributed by atoms with van der Waals surface area (Å²) in [6.07, 6.45) is 2.22. The van der Waals surface area contributed by atoms with E-state index in [1.165, 1.54) is 12.8 Å². The predicted molar refractivity (Wildman–Crippen MR) is 66.0 cm³/mol. The lowest BCUT2D eigenvalue weighted by molar-refractivity contribution is -0.00709. The molecule has 0 aromatic rings. The SMILES string of the molecule is CC(C)OCC(O)CN1CCC2(CCOC2)C1. The van der Waals surface area contributed by atoms with Crippen molar-refractivity contribution < 1.29 is 14.6 Å². The lowest BCUT2D eigenvalue weighted by atomic mass is 9.87. The second kappa shape index (κ2) is 5.65. The van der Waals surface area contributed by atoms with Crippen molar-refractivity contribution in [3.63, 3.8) is 0 Å². The van der Waals surface area contributed by atoms with E-state index in [2.05, 4.69) is 4.90 Å². The zero-order chi connectivity index (χ0) is 12.3. The van der Waals surface area contributed by atoms with Crippen molar-refractivity contribution in [2.75, 3.05) is 39.5 Å².